The number of hydrogen-bond acceptors (Lipinski definition) is 6. The zero-order chi connectivity index (χ0) is 16.4. The molecule has 0 atom stereocenters. The normalized spacial score (nSPS) is 11.0. The summed E-state index contributed by atoms with van der Waals surface area (Å²) in [7, 11) is 0. The van der Waals surface area contributed by atoms with Crippen LogP contribution in [-0.2, 0) is 4.79 Å². The van der Waals surface area contributed by atoms with Gasteiger partial charge in [0, 0.05) is 24.9 Å². The van der Waals surface area contributed by atoms with Crippen LogP contribution in [0.4, 0.5) is 5.82 Å². The average molecular weight is 341 g/mol. The highest BCUT2D eigenvalue weighted by molar-refractivity contribution is 7.99. The molecule has 0 aliphatic carbocycles. The number of amides is 1. The third-order valence-corrected chi connectivity index (χ3v) is 4.21. The molecule has 0 saturated heterocycles. The molecule has 22 heavy (non-hydrogen) atoms. The lowest BCUT2D eigenvalue weighted by molar-refractivity contribution is -0.126. The largest absolute Gasteiger partial charge is 0.384 e. The van der Waals surface area contributed by atoms with E-state index in [9.17, 15) is 4.79 Å². The maximum atomic E-state index is 12.1. The first-order valence-corrected chi connectivity index (χ1v) is 9.58. The van der Waals surface area contributed by atoms with Gasteiger partial charge in [0.1, 0.15) is 10.8 Å². The Morgan fingerprint density at radius 1 is 1.32 bits per heavy atom. The topological polar surface area (TPSA) is 72.1 Å². The molecule has 2 N–H and O–H groups in total. The van der Waals surface area contributed by atoms with Crippen molar-refractivity contribution in [2.45, 2.75) is 36.9 Å². The molecule has 1 aromatic rings. The van der Waals surface area contributed by atoms with E-state index in [1.807, 2.05) is 17.2 Å². The van der Waals surface area contributed by atoms with Gasteiger partial charge in [0.2, 0.25) is 5.91 Å². The molecule has 122 valence electrons. The Hall–Kier alpha value is -1.21. The molecule has 1 amide bonds. The number of nitrogens with two attached hydrogens (primary N) is 1. The molecule has 7 heteroatoms. The lowest BCUT2D eigenvalue weighted by Crippen LogP contribution is -2.30. The fraction of sp³-hybridized carbons (Fsp3) is 0.533. The van der Waals surface area contributed by atoms with E-state index < -0.39 is 0 Å². The summed E-state index contributed by atoms with van der Waals surface area (Å²) >= 11 is 3.00. The van der Waals surface area contributed by atoms with Crippen molar-refractivity contribution in [1.82, 2.24) is 14.9 Å². The van der Waals surface area contributed by atoms with E-state index >= 15 is 0 Å². The number of carbonyl (C=O) groups excluding carboxylic acids is 1. The van der Waals surface area contributed by atoms with Crippen LogP contribution in [0, 0.1) is 0 Å². The summed E-state index contributed by atoms with van der Waals surface area (Å²) in [5, 5.41) is 1.49. The van der Waals surface area contributed by atoms with Gasteiger partial charge in [-0.05, 0) is 25.2 Å². The lowest BCUT2D eigenvalue weighted by Gasteiger charge is -2.19. The van der Waals surface area contributed by atoms with Gasteiger partial charge in [-0.2, -0.15) is 0 Å². The molecule has 1 heterocycles. The highest BCUT2D eigenvalue weighted by atomic mass is 32.2. The van der Waals surface area contributed by atoms with E-state index in [2.05, 4.69) is 23.8 Å². The first-order chi connectivity index (χ1) is 10.6. The summed E-state index contributed by atoms with van der Waals surface area (Å²) in [5.74, 6) is 1.19. The number of carbonyl (C=O) groups is 1. The Morgan fingerprint density at radius 2 is 2.00 bits per heavy atom. The minimum atomic E-state index is 0.0718. The second-order valence-electron chi connectivity index (χ2n) is 4.66. The van der Waals surface area contributed by atoms with Crippen LogP contribution in [-0.4, -0.2) is 45.9 Å². The van der Waals surface area contributed by atoms with Gasteiger partial charge in [-0.15, -0.1) is 11.8 Å². The quantitative estimate of drug-likeness (QED) is 0.322. The average Bonchev–Trinajstić information content (AvgIpc) is 2.50. The number of nitrogen functional groups attached to an aromatic ring is 1. The Kier molecular flexibility index (Phi) is 9.00. The molecule has 0 fully saturated rings. The first-order valence-electron chi connectivity index (χ1n) is 7.37. The molecule has 5 nitrogen and oxygen atoms in total. The summed E-state index contributed by atoms with van der Waals surface area (Å²) in [6, 6.07) is 1.75. The predicted octanol–water partition coefficient (Wildman–Crippen LogP) is 3.08. The molecule has 0 aromatic carbocycles. The number of thioether (sulfide) groups is 2. The molecule has 1 aromatic heterocycles. The van der Waals surface area contributed by atoms with E-state index in [0.29, 0.717) is 16.7 Å². The van der Waals surface area contributed by atoms with Gasteiger partial charge in [0.15, 0.2) is 5.16 Å². The number of aromatic nitrogens is 2. The SMILES string of the molecule is CCCN(CCC)C(=O)/C=C/CSc1nc(N)cc(SC)n1. The van der Waals surface area contributed by atoms with Crippen LogP contribution >= 0.6 is 23.5 Å². The van der Waals surface area contributed by atoms with Gasteiger partial charge in [-0.1, -0.05) is 31.7 Å². The molecular weight excluding hydrogens is 316 g/mol. The van der Waals surface area contributed by atoms with Crippen molar-refractivity contribution < 1.29 is 4.79 Å². The third-order valence-electron chi connectivity index (χ3n) is 2.78. The van der Waals surface area contributed by atoms with Crippen molar-refractivity contribution in [3.05, 3.63) is 18.2 Å². The maximum absolute atomic E-state index is 12.1. The van der Waals surface area contributed by atoms with Crippen molar-refractivity contribution in [3.8, 4) is 0 Å². The Labute approximate surface area is 141 Å². The molecule has 1 rings (SSSR count). The van der Waals surface area contributed by atoms with E-state index in [4.69, 9.17) is 5.73 Å². The first kappa shape index (κ1) is 18.8. The van der Waals surface area contributed by atoms with E-state index in [1.165, 1.54) is 23.5 Å². The Balaban J connectivity index is 2.51. The number of anilines is 1. The fourth-order valence-electron chi connectivity index (χ4n) is 1.84. The van der Waals surface area contributed by atoms with Crippen LogP contribution in [0.25, 0.3) is 0 Å². The summed E-state index contributed by atoms with van der Waals surface area (Å²) in [6.45, 7) is 5.77. The third kappa shape index (κ3) is 6.70. The molecule has 0 unspecified atom stereocenters. The molecule has 0 spiro atoms. The van der Waals surface area contributed by atoms with Crippen LogP contribution < -0.4 is 5.73 Å². The van der Waals surface area contributed by atoms with Crippen molar-refractivity contribution >= 4 is 35.2 Å². The van der Waals surface area contributed by atoms with Crippen LogP contribution in [0.3, 0.4) is 0 Å². The summed E-state index contributed by atoms with van der Waals surface area (Å²) < 4.78 is 0. The van der Waals surface area contributed by atoms with E-state index in [1.54, 1.807) is 12.1 Å². The monoisotopic (exact) mass is 340 g/mol. The number of rotatable bonds is 9. The standard InChI is InChI=1S/C15H24N4OS2/c1-4-8-19(9-5-2)14(20)7-6-10-22-15-17-12(16)11-13(18-15)21-3/h6-7,11H,4-5,8-10H2,1-3H3,(H2,16,17,18)/b7-6+. The van der Waals surface area contributed by atoms with E-state index in [0.717, 1.165) is 31.0 Å². The number of nitrogens with zero attached hydrogens (tertiary/aromatic N) is 3. The van der Waals surface area contributed by atoms with Gasteiger partial charge >= 0.3 is 0 Å². The number of hydrogen-bond donors (Lipinski definition) is 1. The Morgan fingerprint density at radius 3 is 2.59 bits per heavy atom. The van der Waals surface area contributed by atoms with Gasteiger partial charge in [0.05, 0.1) is 0 Å². The smallest absolute Gasteiger partial charge is 0.246 e. The van der Waals surface area contributed by atoms with Crippen LogP contribution in [0.15, 0.2) is 28.4 Å². The second kappa shape index (κ2) is 10.5. The van der Waals surface area contributed by atoms with E-state index in [-0.39, 0.29) is 5.91 Å². The van der Waals surface area contributed by atoms with Crippen LogP contribution in [0.5, 0.6) is 0 Å². The van der Waals surface area contributed by atoms with Crippen molar-refractivity contribution in [3.63, 3.8) is 0 Å². The van der Waals surface area contributed by atoms with Gasteiger partial charge < -0.3 is 10.6 Å². The minimum Gasteiger partial charge on any atom is -0.384 e. The summed E-state index contributed by atoms with van der Waals surface area (Å²) in [4.78, 5) is 22.5. The summed E-state index contributed by atoms with van der Waals surface area (Å²) in [5.41, 5.74) is 5.74. The van der Waals surface area contributed by atoms with Crippen LogP contribution in [0.1, 0.15) is 26.7 Å². The van der Waals surface area contributed by atoms with Crippen molar-refractivity contribution in [2.24, 2.45) is 0 Å². The van der Waals surface area contributed by atoms with Gasteiger partial charge in [-0.25, -0.2) is 9.97 Å². The molecule has 0 saturated carbocycles. The van der Waals surface area contributed by atoms with Crippen LogP contribution in [0.2, 0.25) is 0 Å². The van der Waals surface area contributed by atoms with Crippen molar-refractivity contribution in [2.75, 3.05) is 30.8 Å². The fourth-order valence-corrected chi connectivity index (χ4v) is 2.99. The molecular formula is C15H24N4OS2. The lowest BCUT2D eigenvalue weighted by atomic mass is 10.3. The van der Waals surface area contributed by atoms with Crippen molar-refractivity contribution in [1.29, 1.82) is 0 Å². The zero-order valence-electron chi connectivity index (χ0n) is 13.4. The minimum absolute atomic E-state index is 0.0718. The maximum Gasteiger partial charge on any atom is 0.246 e. The predicted molar refractivity (Wildman–Crippen MR) is 95.3 cm³/mol. The highest BCUT2D eigenvalue weighted by Gasteiger charge is 2.07. The second-order valence-corrected chi connectivity index (χ2v) is 6.47. The Bertz CT molecular complexity index is 502. The molecule has 0 radical (unpaired) electrons. The molecule has 0 aliphatic heterocycles. The summed E-state index contributed by atoms with van der Waals surface area (Å²) in [6.07, 6.45) is 7.40. The molecule has 0 aliphatic rings. The van der Waals surface area contributed by atoms with Gasteiger partial charge in [0.25, 0.3) is 0 Å². The van der Waals surface area contributed by atoms with Gasteiger partial charge in [-0.3, -0.25) is 4.79 Å². The molecule has 0 bridgehead atoms. The highest BCUT2D eigenvalue weighted by Crippen LogP contribution is 2.20. The zero-order valence-corrected chi connectivity index (χ0v) is 15.0.